The Morgan fingerprint density at radius 2 is 2.00 bits per heavy atom. The van der Waals surface area contributed by atoms with Gasteiger partial charge in [-0.3, -0.25) is 4.79 Å². The summed E-state index contributed by atoms with van der Waals surface area (Å²) in [5, 5.41) is 0.545. The number of halogens is 1. The van der Waals surface area contributed by atoms with Crippen LogP contribution in [0.5, 0.6) is 10.8 Å². The van der Waals surface area contributed by atoms with Crippen LogP contribution in [0.3, 0.4) is 0 Å². The Labute approximate surface area is 102 Å². The Morgan fingerprint density at radius 1 is 1.31 bits per heavy atom. The lowest BCUT2D eigenvalue weighted by molar-refractivity contribution is 0.101. The van der Waals surface area contributed by atoms with Gasteiger partial charge in [0, 0.05) is 0 Å². The lowest BCUT2D eigenvalue weighted by atomic mass is 10.2. The molecule has 2 aromatic rings. The molecule has 2 nitrogen and oxygen atoms in total. The first-order chi connectivity index (χ1) is 7.66. The Kier molecular flexibility index (Phi) is 3.27. The van der Waals surface area contributed by atoms with E-state index in [9.17, 15) is 4.79 Å². The monoisotopic (exact) mass is 252 g/mol. The van der Waals surface area contributed by atoms with Crippen molar-refractivity contribution in [3.05, 3.63) is 46.3 Å². The SMILES string of the molecule is CC(=O)c1cc(Cl)sc1Oc1ccccc1. The minimum Gasteiger partial charge on any atom is -0.446 e. The summed E-state index contributed by atoms with van der Waals surface area (Å²) in [4.78, 5) is 11.3. The van der Waals surface area contributed by atoms with Crippen molar-refractivity contribution in [3.63, 3.8) is 0 Å². The number of thiophene rings is 1. The molecule has 0 atom stereocenters. The van der Waals surface area contributed by atoms with Gasteiger partial charge in [0.15, 0.2) is 10.8 Å². The van der Waals surface area contributed by atoms with E-state index in [-0.39, 0.29) is 5.78 Å². The Bertz CT molecular complexity index is 505. The third-order valence-electron chi connectivity index (χ3n) is 2.00. The van der Waals surface area contributed by atoms with Crippen molar-refractivity contribution < 1.29 is 9.53 Å². The number of rotatable bonds is 3. The van der Waals surface area contributed by atoms with Gasteiger partial charge in [0.1, 0.15) is 5.75 Å². The molecule has 1 aromatic heterocycles. The lowest BCUT2D eigenvalue weighted by Gasteiger charge is -2.03. The Balaban J connectivity index is 2.31. The highest BCUT2D eigenvalue weighted by atomic mass is 35.5. The van der Waals surface area contributed by atoms with Crippen LogP contribution >= 0.6 is 22.9 Å². The van der Waals surface area contributed by atoms with Crippen molar-refractivity contribution >= 4 is 28.7 Å². The molecule has 4 heteroatoms. The molecule has 0 saturated heterocycles. The number of ether oxygens (including phenoxy) is 1. The molecule has 1 heterocycles. The maximum Gasteiger partial charge on any atom is 0.193 e. The van der Waals surface area contributed by atoms with E-state index in [2.05, 4.69) is 0 Å². The lowest BCUT2D eigenvalue weighted by Crippen LogP contribution is -1.92. The van der Waals surface area contributed by atoms with Gasteiger partial charge in [0.05, 0.1) is 9.90 Å². The molecule has 0 radical (unpaired) electrons. The first-order valence-corrected chi connectivity index (χ1v) is 5.89. The number of Topliss-reactive ketones (excluding diaryl/α,β-unsaturated/α-hetero) is 1. The maximum atomic E-state index is 11.3. The quantitative estimate of drug-likeness (QED) is 0.757. The summed E-state index contributed by atoms with van der Waals surface area (Å²) >= 11 is 7.12. The zero-order chi connectivity index (χ0) is 11.5. The highest BCUT2D eigenvalue weighted by molar-refractivity contribution is 7.18. The largest absolute Gasteiger partial charge is 0.446 e. The van der Waals surface area contributed by atoms with Crippen LogP contribution in [0.4, 0.5) is 0 Å². The fraction of sp³-hybridized carbons (Fsp3) is 0.0833. The molecule has 0 aliphatic rings. The molecule has 0 aliphatic heterocycles. The zero-order valence-corrected chi connectivity index (χ0v) is 10.1. The normalized spacial score (nSPS) is 10.1. The second-order valence-electron chi connectivity index (χ2n) is 3.22. The van der Waals surface area contributed by atoms with E-state index < -0.39 is 0 Å². The van der Waals surface area contributed by atoms with E-state index in [1.807, 2.05) is 30.3 Å². The Morgan fingerprint density at radius 3 is 2.62 bits per heavy atom. The molecule has 0 amide bonds. The minimum absolute atomic E-state index is 0.0471. The highest BCUT2D eigenvalue weighted by Crippen LogP contribution is 2.37. The molecular weight excluding hydrogens is 244 g/mol. The third kappa shape index (κ3) is 2.43. The second kappa shape index (κ2) is 4.68. The predicted octanol–water partition coefficient (Wildman–Crippen LogP) is 4.40. The summed E-state index contributed by atoms with van der Waals surface area (Å²) in [6, 6.07) is 10.9. The molecular formula is C12H9ClO2S. The van der Waals surface area contributed by atoms with E-state index in [1.54, 1.807) is 6.07 Å². The number of hydrogen-bond acceptors (Lipinski definition) is 3. The van der Waals surface area contributed by atoms with Gasteiger partial charge in [0.2, 0.25) is 0 Å². The van der Waals surface area contributed by atoms with Crippen LogP contribution in [0, 0.1) is 0 Å². The van der Waals surface area contributed by atoms with Gasteiger partial charge in [-0.15, -0.1) is 0 Å². The van der Waals surface area contributed by atoms with Crippen molar-refractivity contribution in [2.24, 2.45) is 0 Å². The molecule has 1 aromatic carbocycles. The molecule has 0 saturated carbocycles. The molecule has 0 spiro atoms. The van der Waals surface area contributed by atoms with Crippen molar-refractivity contribution in [2.75, 3.05) is 0 Å². The molecule has 2 rings (SSSR count). The standard InChI is InChI=1S/C12H9ClO2S/c1-8(14)10-7-11(13)16-12(10)15-9-5-3-2-4-6-9/h2-7H,1H3. The van der Waals surface area contributed by atoms with E-state index in [1.165, 1.54) is 18.3 Å². The van der Waals surface area contributed by atoms with Crippen LogP contribution in [-0.2, 0) is 0 Å². The van der Waals surface area contributed by atoms with Crippen molar-refractivity contribution in [1.82, 2.24) is 0 Å². The summed E-state index contributed by atoms with van der Waals surface area (Å²) < 4.78 is 6.16. The fourth-order valence-electron chi connectivity index (χ4n) is 1.26. The molecule has 0 bridgehead atoms. The van der Waals surface area contributed by atoms with E-state index in [4.69, 9.17) is 16.3 Å². The topological polar surface area (TPSA) is 26.3 Å². The van der Waals surface area contributed by atoms with Gasteiger partial charge in [-0.1, -0.05) is 41.1 Å². The predicted molar refractivity (Wildman–Crippen MR) is 65.8 cm³/mol. The van der Waals surface area contributed by atoms with Gasteiger partial charge in [-0.05, 0) is 25.1 Å². The molecule has 0 N–H and O–H groups in total. The average Bonchev–Trinajstić information content (AvgIpc) is 2.61. The number of carbonyl (C=O) groups excluding carboxylic acids is 1. The van der Waals surface area contributed by atoms with Crippen molar-refractivity contribution in [1.29, 1.82) is 0 Å². The van der Waals surface area contributed by atoms with Gasteiger partial charge < -0.3 is 4.74 Å². The van der Waals surface area contributed by atoms with Crippen molar-refractivity contribution in [2.45, 2.75) is 6.92 Å². The summed E-state index contributed by atoms with van der Waals surface area (Å²) in [7, 11) is 0. The van der Waals surface area contributed by atoms with Gasteiger partial charge in [-0.25, -0.2) is 0 Å². The smallest absolute Gasteiger partial charge is 0.193 e. The fourth-order valence-corrected chi connectivity index (χ4v) is 2.39. The molecule has 0 fully saturated rings. The van der Waals surface area contributed by atoms with Crippen LogP contribution < -0.4 is 4.74 Å². The van der Waals surface area contributed by atoms with E-state index >= 15 is 0 Å². The van der Waals surface area contributed by atoms with Crippen molar-refractivity contribution in [3.8, 4) is 10.8 Å². The number of hydrogen-bond donors (Lipinski definition) is 0. The molecule has 0 aliphatic carbocycles. The van der Waals surface area contributed by atoms with Gasteiger partial charge >= 0.3 is 0 Å². The average molecular weight is 253 g/mol. The first-order valence-electron chi connectivity index (χ1n) is 4.70. The number of benzene rings is 1. The van der Waals surface area contributed by atoms with Crippen LogP contribution in [0.2, 0.25) is 4.34 Å². The zero-order valence-electron chi connectivity index (χ0n) is 8.57. The molecule has 16 heavy (non-hydrogen) atoms. The van der Waals surface area contributed by atoms with Crippen LogP contribution in [0.25, 0.3) is 0 Å². The van der Waals surface area contributed by atoms with Crippen LogP contribution in [0.1, 0.15) is 17.3 Å². The highest BCUT2D eigenvalue weighted by Gasteiger charge is 2.13. The number of para-hydroxylation sites is 1. The Hall–Kier alpha value is -1.32. The van der Waals surface area contributed by atoms with Gasteiger partial charge in [-0.2, -0.15) is 0 Å². The molecule has 0 unspecified atom stereocenters. The molecule has 82 valence electrons. The number of ketones is 1. The summed E-state index contributed by atoms with van der Waals surface area (Å²) in [5.74, 6) is 0.651. The third-order valence-corrected chi connectivity index (χ3v) is 3.14. The van der Waals surface area contributed by atoms with Crippen LogP contribution in [0.15, 0.2) is 36.4 Å². The summed E-state index contributed by atoms with van der Waals surface area (Å²) in [6.07, 6.45) is 0. The summed E-state index contributed by atoms with van der Waals surface area (Å²) in [6.45, 7) is 1.50. The summed E-state index contributed by atoms with van der Waals surface area (Å²) in [5.41, 5.74) is 0.527. The van der Waals surface area contributed by atoms with E-state index in [0.29, 0.717) is 20.7 Å². The minimum atomic E-state index is -0.0471. The number of carbonyl (C=O) groups is 1. The van der Waals surface area contributed by atoms with Crippen LogP contribution in [-0.4, -0.2) is 5.78 Å². The second-order valence-corrected chi connectivity index (χ2v) is 4.87. The van der Waals surface area contributed by atoms with E-state index in [0.717, 1.165) is 0 Å². The van der Waals surface area contributed by atoms with Gasteiger partial charge in [0.25, 0.3) is 0 Å². The maximum absolute atomic E-state index is 11.3. The first kappa shape index (κ1) is 11.2.